The SMILES string of the molecule is C=C(C)C1(O)C(OC(C)=O)C(OC(C)=O)C23C(OC(=O)CC)C(CCC2C2(C)OC(=O)CC21)C(C)(OC(C)=O)C3OC(C)=O. The number of ether oxygens (including phenoxy) is 6. The van der Waals surface area contributed by atoms with Gasteiger partial charge in [-0.15, -0.1) is 0 Å². The maximum atomic E-state index is 13.1. The molecular weight excluding hydrogens is 580 g/mol. The number of aliphatic hydroxyl groups is 1. The molecule has 4 aliphatic rings. The van der Waals surface area contributed by atoms with E-state index in [1.54, 1.807) is 20.8 Å². The van der Waals surface area contributed by atoms with Crippen LogP contribution < -0.4 is 0 Å². The highest BCUT2D eigenvalue weighted by Gasteiger charge is 2.85. The molecule has 0 radical (unpaired) electrons. The summed E-state index contributed by atoms with van der Waals surface area (Å²) in [7, 11) is 0. The molecule has 0 aromatic heterocycles. The highest BCUT2D eigenvalue weighted by molar-refractivity contribution is 5.75. The number of rotatable bonds is 7. The zero-order chi connectivity index (χ0) is 33.2. The average molecular weight is 623 g/mol. The van der Waals surface area contributed by atoms with Crippen molar-refractivity contribution >= 4 is 35.8 Å². The Kier molecular flexibility index (Phi) is 8.47. The van der Waals surface area contributed by atoms with E-state index < -0.39 is 100 Å². The van der Waals surface area contributed by atoms with Gasteiger partial charge in [-0.3, -0.25) is 28.8 Å². The number of carbonyl (C=O) groups excluding carboxylic acids is 6. The molecule has 4 rings (SSSR count). The maximum Gasteiger partial charge on any atom is 0.306 e. The molecule has 44 heavy (non-hydrogen) atoms. The number of hydrogen-bond donors (Lipinski definition) is 1. The quantitative estimate of drug-likeness (QED) is 0.248. The van der Waals surface area contributed by atoms with Crippen molar-refractivity contribution in [2.24, 2.45) is 23.2 Å². The molecule has 11 atom stereocenters. The molecule has 244 valence electrons. The summed E-state index contributed by atoms with van der Waals surface area (Å²) in [5, 5.41) is 12.7. The Hall–Kier alpha value is -3.48. The highest BCUT2D eigenvalue weighted by atomic mass is 16.6. The van der Waals surface area contributed by atoms with E-state index in [1.807, 2.05) is 0 Å². The summed E-state index contributed by atoms with van der Waals surface area (Å²) in [6.45, 7) is 14.7. The normalized spacial score (nSPS) is 42.0. The lowest BCUT2D eigenvalue weighted by Crippen LogP contribution is -2.67. The van der Waals surface area contributed by atoms with E-state index in [1.165, 1.54) is 13.8 Å². The Bertz CT molecular complexity index is 1290. The van der Waals surface area contributed by atoms with Crippen molar-refractivity contribution in [1.82, 2.24) is 0 Å². The largest absolute Gasteiger partial charge is 0.461 e. The first-order valence-corrected chi connectivity index (χ1v) is 14.8. The van der Waals surface area contributed by atoms with Crippen LogP contribution in [0, 0.1) is 23.2 Å². The Morgan fingerprint density at radius 1 is 0.841 bits per heavy atom. The minimum Gasteiger partial charge on any atom is -0.461 e. The zero-order valence-corrected chi connectivity index (χ0v) is 26.4. The van der Waals surface area contributed by atoms with Crippen LogP contribution in [0.15, 0.2) is 12.2 Å². The third kappa shape index (κ3) is 4.69. The minimum atomic E-state index is -2.24. The van der Waals surface area contributed by atoms with Crippen LogP contribution in [-0.4, -0.2) is 82.1 Å². The molecule has 1 N–H and O–H groups in total. The fraction of sp³-hybridized carbons (Fsp3) is 0.742. The summed E-state index contributed by atoms with van der Waals surface area (Å²) in [6.07, 6.45) is -6.20. The highest BCUT2D eigenvalue weighted by Crippen LogP contribution is 2.71. The smallest absolute Gasteiger partial charge is 0.306 e. The Labute approximate surface area is 255 Å². The van der Waals surface area contributed by atoms with Gasteiger partial charge in [-0.2, -0.15) is 0 Å². The van der Waals surface area contributed by atoms with Crippen LogP contribution in [0.4, 0.5) is 0 Å². The average Bonchev–Trinajstić information content (AvgIpc) is 3.24. The predicted octanol–water partition coefficient (Wildman–Crippen LogP) is 2.09. The van der Waals surface area contributed by atoms with Gasteiger partial charge in [0.25, 0.3) is 0 Å². The van der Waals surface area contributed by atoms with Gasteiger partial charge in [-0.05, 0) is 39.2 Å². The molecule has 2 bridgehead atoms. The molecular formula is C31H42O13. The van der Waals surface area contributed by atoms with E-state index in [0.29, 0.717) is 0 Å². The summed E-state index contributed by atoms with van der Waals surface area (Å²) in [4.78, 5) is 77.5. The van der Waals surface area contributed by atoms with Crippen LogP contribution in [0.2, 0.25) is 0 Å². The van der Waals surface area contributed by atoms with Crippen molar-refractivity contribution in [1.29, 1.82) is 0 Å². The molecule has 3 saturated carbocycles. The molecule has 13 nitrogen and oxygen atoms in total. The second-order valence-electron chi connectivity index (χ2n) is 12.8. The van der Waals surface area contributed by atoms with Crippen molar-refractivity contribution < 1.29 is 62.3 Å². The van der Waals surface area contributed by atoms with Crippen LogP contribution in [-0.2, 0) is 57.2 Å². The standard InChI is InChI=1S/C31H42O13/c1-10-22(36)42-24-19-11-12-20-29(9)21(13-23(37)44-29)31(38,14(2)3)26(40-16(5)33)25(39-15(4)32)30(20,24)27(41-17(6)34)28(19,8)43-18(7)35/h19-21,24-27,38H,2,10-13H2,1,3-9H3. The van der Waals surface area contributed by atoms with Crippen molar-refractivity contribution in [3.63, 3.8) is 0 Å². The third-order valence-corrected chi connectivity index (χ3v) is 10.2. The molecule has 1 heterocycles. The summed E-state index contributed by atoms with van der Waals surface area (Å²) in [6, 6.07) is 0. The summed E-state index contributed by atoms with van der Waals surface area (Å²) in [5.74, 6) is -7.47. The Balaban J connectivity index is 2.23. The lowest BCUT2D eigenvalue weighted by atomic mass is 9.56. The first kappa shape index (κ1) is 33.4. The monoisotopic (exact) mass is 622 g/mol. The second kappa shape index (κ2) is 11.1. The van der Waals surface area contributed by atoms with Gasteiger partial charge in [-0.25, -0.2) is 0 Å². The molecule has 3 aliphatic carbocycles. The molecule has 0 aromatic rings. The van der Waals surface area contributed by atoms with Gasteiger partial charge >= 0.3 is 35.8 Å². The molecule has 1 aliphatic heterocycles. The van der Waals surface area contributed by atoms with Crippen LogP contribution in [0.5, 0.6) is 0 Å². The topological polar surface area (TPSA) is 178 Å². The van der Waals surface area contributed by atoms with Crippen molar-refractivity contribution in [3.8, 4) is 0 Å². The van der Waals surface area contributed by atoms with Crippen molar-refractivity contribution in [3.05, 3.63) is 12.2 Å². The predicted molar refractivity (Wildman–Crippen MR) is 148 cm³/mol. The first-order valence-electron chi connectivity index (χ1n) is 14.8. The fourth-order valence-electron chi connectivity index (χ4n) is 8.97. The van der Waals surface area contributed by atoms with E-state index >= 15 is 0 Å². The van der Waals surface area contributed by atoms with Gasteiger partial charge in [0.15, 0.2) is 23.9 Å². The van der Waals surface area contributed by atoms with Gasteiger partial charge in [-0.1, -0.05) is 13.5 Å². The minimum absolute atomic E-state index is 0.0668. The number of esters is 6. The van der Waals surface area contributed by atoms with E-state index in [0.717, 1.165) is 20.8 Å². The van der Waals surface area contributed by atoms with E-state index in [9.17, 15) is 33.9 Å². The second-order valence-corrected chi connectivity index (χ2v) is 12.8. The van der Waals surface area contributed by atoms with Gasteiger partial charge in [0, 0.05) is 51.9 Å². The van der Waals surface area contributed by atoms with Crippen LogP contribution in [0.3, 0.4) is 0 Å². The molecule has 4 fully saturated rings. The number of hydrogen-bond acceptors (Lipinski definition) is 13. The summed E-state index contributed by atoms with van der Waals surface area (Å²) in [5.41, 5.74) is -7.32. The maximum absolute atomic E-state index is 13.1. The van der Waals surface area contributed by atoms with E-state index in [2.05, 4.69) is 6.58 Å². The molecule has 13 heteroatoms. The zero-order valence-electron chi connectivity index (χ0n) is 26.4. The van der Waals surface area contributed by atoms with Crippen LogP contribution in [0.1, 0.15) is 81.1 Å². The molecule has 0 aromatic carbocycles. The molecule has 0 amide bonds. The van der Waals surface area contributed by atoms with Gasteiger partial charge in [0.05, 0.1) is 11.8 Å². The van der Waals surface area contributed by atoms with E-state index in [4.69, 9.17) is 28.4 Å². The molecule has 1 spiro atoms. The summed E-state index contributed by atoms with van der Waals surface area (Å²) >= 11 is 0. The number of fused-ring (bicyclic) bond motifs is 3. The Morgan fingerprint density at radius 2 is 1.41 bits per heavy atom. The molecule has 1 saturated heterocycles. The van der Waals surface area contributed by atoms with Gasteiger partial charge in [0.1, 0.15) is 17.3 Å². The summed E-state index contributed by atoms with van der Waals surface area (Å²) < 4.78 is 36.1. The van der Waals surface area contributed by atoms with E-state index in [-0.39, 0.29) is 31.3 Å². The van der Waals surface area contributed by atoms with Gasteiger partial charge in [0.2, 0.25) is 0 Å². The lowest BCUT2D eigenvalue weighted by molar-refractivity contribution is -0.249. The Morgan fingerprint density at radius 3 is 1.91 bits per heavy atom. The van der Waals surface area contributed by atoms with Crippen molar-refractivity contribution in [2.45, 2.75) is 122 Å². The third-order valence-electron chi connectivity index (χ3n) is 10.2. The van der Waals surface area contributed by atoms with Gasteiger partial charge < -0.3 is 33.5 Å². The number of carbonyl (C=O) groups is 6. The van der Waals surface area contributed by atoms with Crippen LogP contribution >= 0.6 is 0 Å². The first-order chi connectivity index (χ1) is 20.3. The van der Waals surface area contributed by atoms with Crippen molar-refractivity contribution in [2.75, 3.05) is 0 Å². The molecule has 11 unspecified atom stereocenters. The van der Waals surface area contributed by atoms with Crippen LogP contribution in [0.25, 0.3) is 0 Å². The lowest BCUT2D eigenvalue weighted by Gasteiger charge is -2.54. The fourth-order valence-corrected chi connectivity index (χ4v) is 8.97.